The Morgan fingerprint density at radius 3 is 2.52 bits per heavy atom. The highest BCUT2D eigenvalue weighted by Crippen LogP contribution is 2.41. The predicted molar refractivity (Wildman–Crippen MR) is 108 cm³/mol. The van der Waals surface area contributed by atoms with E-state index in [0.29, 0.717) is 27.7 Å². The zero-order chi connectivity index (χ0) is 19.0. The summed E-state index contributed by atoms with van der Waals surface area (Å²) in [4.78, 5) is 12.5. The average Bonchev–Trinajstić information content (AvgIpc) is 2.87. The molecule has 0 saturated carbocycles. The van der Waals surface area contributed by atoms with Crippen molar-refractivity contribution in [3.8, 4) is 0 Å². The zero-order valence-corrected chi connectivity index (χ0v) is 15.9. The molecule has 1 N–H and O–H groups in total. The summed E-state index contributed by atoms with van der Waals surface area (Å²) in [6, 6.07) is 17.8. The number of rotatable bonds is 5. The number of amides is 1. The first-order valence-electron chi connectivity index (χ1n) is 8.57. The quantitative estimate of drug-likeness (QED) is 0.689. The van der Waals surface area contributed by atoms with E-state index < -0.39 is 10.0 Å². The van der Waals surface area contributed by atoms with Crippen molar-refractivity contribution in [2.45, 2.75) is 17.7 Å². The van der Waals surface area contributed by atoms with Crippen LogP contribution in [0.4, 0.5) is 11.4 Å². The second-order valence-electron chi connectivity index (χ2n) is 6.34. The third-order valence-electron chi connectivity index (χ3n) is 4.59. The molecule has 4 rings (SSSR count). The summed E-state index contributed by atoms with van der Waals surface area (Å²) in [6.45, 7) is 0.242. The Balaban J connectivity index is 1.47. The van der Waals surface area contributed by atoms with Gasteiger partial charge < -0.3 is 5.32 Å². The molecule has 0 bridgehead atoms. The Kier molecular flexibility index (Phi) is 4.53. The molecule has 27 heavy (non-hydrogen) atoms. The highest BCUT2D eigenvalue weighted by atomic mass is 35.5. The van der Waals surface area contributed by atoms with Crippen molar-refractivity contribution in [3.63, 3.8) is 0 Å². The molecule has 3 aromatic rings. The van der Waals surface area contributed by atoms with Crippen LogP contribution in [0.3, 0.4) is 0 Å². The van der Waals surface area contributed by atoms with Gasteiger partial charge in [-0.05, 0) is 36.1 Å². The van der Waals surface area contributed by atoms with Gasteiger partial charge in [0.2, 0.25) is 5.91 Å². The van der Waals surface area contributed by atoms with Crippen molar-refractivity contribution >= 4 is 49.7 Å². The van der Waals surface area contributed by atoms with Gasteiger partial charge in [-0.25, -0.2) is 8.42 Å². The fourth-order valence-corrected chi connectivity index (χ4v) is 5.29. The number of nitrogens with one attached hydrogen (secondary N) is 1. The van der Waals surface area contributed by atoms with Crippen LogP contribution in [0.1, 0.15) is 12.8 Å². The molecule has 0 unspecified atom stereocenters. The van der Waals surface area contributed by atoms with Crippen molar-refractivity contribution in [3.05, 3.63) is 65.7 Å². The standard InChI is InChI=1S/C20H17ClN2O3S/c21-15-8-1-2-9-16(15)22-19(24)12-5-13-23-17-10-3-6-14-7-4-11-18(20(14)17)27(23,25)26/h1-4,6-11H,5,12-13H2,(H,22,24). The summed E-state index contributed by atoms with van der Waals surface area (Å²) < 4.78 is 27.2. The van der Waals surface area contributed by atoms with Crippen molar-refractivity contribution in [2.75, 3.05) is 16.2 Å². The molecule has 0 radical (unpaired) electrons. The average molecular weight is 401 g/mol. The zero-order valence-electron chi connectivity index (χ0n) is 14.4. The van der Waals surface area contributed by atoms with Crippen molar-refractivity contribution < 1.29 is 13.2 Å². The Labute approximate surface area is 162 Å². The third-order valence-corrected chi connectivity index (χ3v) is 6.78. The molecule has 0 atom stereocenters. The van der Waals surface area contributed by atoms with E-state index in [2.05, 4.69) is 5.32 Å². The van der Waals surface area contributed by atoms with E-state index in [1.54, 1.807) is 42.5 Å². The number of benzene rings is 3. The minimum atomic E-state index is -3.58. The fraction of sp³-hybridized carbons (Fsp3) is 0.150. The van der Waals surface area contributed by atoms with Crippen LogP contribution in [-0.2, 0) is 14.8 Å². The first kappa shape index (κ1) is 17.8. The summed E-state index contributed by atoms with van der Waals surface area (Å²) in [6.07, 6.45) is 0.601. The monoisotopic (exact) mass is 400 g/mol. The molecule has 0 spiro atoms. The highest BCUT2D eigenvalue weighted by molar-refractivity contribution is 7.93. The van der Waals surface area contributed by atoms with Gasteiger partial charge >= 0.3 is 0 Å². The second kappa shape index (κ2) is 6.87. The van der Waals surface area contributed by atoms with Crippen LogP contribution in [0.2, 0.25) is 5.02 Å². The van der Waals surface area contributed by atoms with Gasteiger partial charge in [0, 0.05) is 18.4 Å². The number of anilines is 2. The normalized spacial score (nSPS) is 14.5. The van der Waals surface area contributed by atoms with Gasteiger partial charge in [0.1, 0.15) is 0 Å². The van der Waals surface area contributed by atoms with Crippen LogP contribution < -0.4 is 9.62 Å². The van der Waals surface area contributed by atoms with Gasteiger partial charge in [0.05, 0.1) is 21.3 Å². The number of sulfonamides is 1. The maximum absolute atomic E-state index is 12.9. The molecule has 0 saturated heterocycles. The van der Waals surface area contributed by atoms with Crippen LogP contribution in [0.15, 0.2) is 65.6 Å². The molecule has 7 heteroatoms. The van der Waals surface area contributed by atoms with Gasteiger partial charge in [0.25, 0.3) is 10.0 Å². The summed E-state index contributed by atoms with van der Waals surface area (Å²) in [5.74, 6) is -0.199. The highest BCUT2D eigenvalue weighted by Gasteiger charge is 2.34. The van der Waals surface area contributed by atoms with Crippen LogP contribution in [0.25, 0.3) is 10.8 Å². The Bertz CT molecular complexity index is 1140. The van der Waals surface area contributed by atoms with E-state index >= 15 is 0 Å². The Morgan fingerprint density at radius 1 is 1.00 bits per heavy atom. The molecule has 3 aromatic carbocycles. The van der Waals surface area contributed by atoms with Gasteiger partial charge in [-0.15, -0.1) is 0 Å². The van der Waals surface area contributed by atoms with Crippen LogP contribution in [-0.4, -0.2) is 20.9 Å². The molecule has 0 aromatic heterocycles. The molecular weight excluding hydrogens is 384 g/mol. The molecule has 138 valence electrons. The molecule has 5 nitrogen and oxygen atoms in total. The molecule has 0 aliphatic carbocycles. The van der Waals surface area contributed by atoms with Gasteiger partial charge in [-0.3, -0.25) is 9.10 Å². The van der Waals surface area contributed by atoms with E-state index in [9.17, 15) is 13.2 Å². The van der Waals surface area contributed by atoms with Crippen LogP contribution in [0.5, 0.6) is 0 Å². The summed E-state index contributed by atoms with van der Waals surface area (Å²) in [5.41, 5.74) is 1.23. The number of hydrogen-bond donors (Lipinski definition) is 1. The lowest BCUT2D eigenvalue weighted by atomic mass is 10.1. The lowest BCUT2D eigenvalue weighted by molar-refractivity contribution is -0.116. The van der Waals surface area contributed by atoms with Crippen molar-refractivity contribution in [1.82, 2.24) is 0 Å². The van der Waals surface area contributed by atoms with Crippen LogP contribution >= 0.6 is 11.6 Å². The smallest absolute Gasteiger partial charge is 0.265 e. The van der Waals surface area contributed by atoms with E-state index in [1.807, 2.05) is 18.2 Å². The van der Waals surface area contributed by atoms with E-state index in [4.69, 9.17) is 11.6 Å². The maximum Gasteiger partial charge on any atom is 0.265 e. The van der Waals surface area contributed by atoms with Gasteiger partial charge in [-0.1, -0.05) is 48.0 Å². The van der Waals surface area contributed by atoms with Crippen LogP contribution in [0, 0.1) is 0 Å². The summed E-state index contributed by atoms with van der Waals surface area (Å²) in [5, 5.41) is 4.87. The number of hydrogen-bond acceptors (Lipinski definition) is 3. The minimum Gasteiger partial charge on any atom is -0.325 e. The van der Waals surface area contributed by atoms with Gasteiger partial charge in [0.15, 0.2) is 0 Å². The predicted octanol–water partition coefficient (Wildman–Crippen LogP) is 4.42. The van der Waals surface area contributed by atoms with Crippen molar-refractivity contribution in [1.29, 1.82) is 0 Å². The number of nitrogens with zero attached hydrogens (tertiary/aromatic N) is 1. The largest absolute Gasteiger partial charge is 0.325 e. The number of carbonyl (C=O) groups excluding carboxylic acids is 1. The van der Waals surface area contributed by atoms with Crippen molar-refractivity contribution in [2.24, 2.45) is 0 Å². The lowest BCUT2D eigenvalue weighted by Gasteiger charge is -2.18. The number of carbonyl (C=O) groups is 1. The summed E-state index contributed by atoms with van der Waals surface area (Å²) >= 11 is 6.04. The number of halogens is 1. The summed E-state index contributed by atoms with van der Waals surface area (Å²) in [7, 11) is -3.58. The van der Waals surface area contributed by atoms with Gasteiger partial charge in [-0.2, -0.15) is 0 Å². The second-order valence-corrected chi connectivity index (χ2v) is 8.58. The van der Waals surface area contributed by atoms with E-state index in [1.165, 1.54) is 4.31 Å². The first-order valence-corrected chi connectivity index (χ1v) is 10.4. The molecule has 0 fully saturated rings. The first-order chi connectivity index (χ1) is 13.0. The third kappa shape index (κ3) is 3.15. The fourth-order valence-electron chi connectivity index (χ4n) is 3.36. The molecule has 1 aliphatic rings. The lowest BCUT2D eigenvalue weighted by Crippen LogP contribution is -2.28. The molecule has 1 amide bonds. The maximum atomic E-state index is 12.9. The minimum absolute atomic E-state index is 0.198. The molecule has 1 heterocycles. The van der Waals surface area contributed by atoms with E-state index in [0.717, 1.165) is 10.8 Å². The number of para-hydroxylation sites is 1. The Hall–Kier alpha value is -2.57. The SMILES string of the molecule is O=C(CCCN1c2cccc3cccc(c23)S1(=O)=O)Nc1ccccc1Cl. The van der Waals surface area contributed by atoms with E-state index in [-0.39, 0.29) is 18.9 Å². The topological polar surface area (TPSA) is 66.5 Å². The Morgan fingerprint density at radius 2 is 1.74 bits per heavy atom. The molecule has 1 aliphatic heterocycles. The molecular formula is C20H17ClN2O3S.